The van der Waals surface area contributed by atoms with Crippen LogP contribution in [0, 0.1) is 5.92 Å². The molecule has 3 saturated carbocycles. The summed E-state index contributed by atoms with van der Waals surface area (Å²) in [4.78, 5) is 38.8. The fraction of sp³-hybridized carbons (Fsp3) is 0.586. The zero-order valence-electron chi connectivity index (χ0n) is 23.0. The van der Waals surface area contributed by atoms with Crippen molar-refractivity contribution in [2.75, 3.05) is 18.4 Å². The molecule has 10 nitrogen and oxygen atoms in total. The lowest BCUT2D eigenvalue weighted by Crippen LogP contribution is -2.41. The van der Waals surface area contributed by atoms with E-state index in [9.17, 15) is 18.0 Å². The van der Waals surface area contributed by atoms with Gasteiger partial charge in [-0.2, -0.15) is 0 Å². The average Bonchev–Trinajstić information content (AvgIpc) is 3.92. The van der Waals surface area contributed by atoms with Gasteiger partial charge in [0.2, 0.25) is 5.91 Å². The summed E-state index contributed by atoms with van der Waals surface area (Å²) >= 11 is 1.33. The minimum absolute atomic E-state index is 0.0328. The molecule has 1 aliphatic heterocycles. The van der Waals surface area contributed by atoms with Gasteiger partial charge in [0, 0.05) is 30.8 Å². The summed E-state index contributed by atoms with van der Waals surface area (Å²) in [5.74, 6) is 0.0679. The molecule has 4 aliphatic rings. The van der Waals surface area contributed by atoms with Crippen molar-refractivity contribution in [3.63, 3.8) is 0 Å². The first-order chi connectivity index (χ1) is 19.9. The number of hydrogen-bond acceptors (Lipinski definition) is 9. The van der Waals surface area contributed by atoms with Gasteiger partial charge >= 0.3 is 0 Å². The molecular weight excluding hydrogens is 564 g/mol. The Labute approximate surface area is 244 Å². The Balaban J connectivity index is 1.06. The Bertz CT molecular complexity index is 1380. The summed E-state index contributed by atoms with van der Waals surface area (Å²) in [7, 11) is -3.33. The minimum Gasteiger partial charge on any atom is -0.392 e. The third kappa shape index (κ3) is 6.98. The summed E-state index contributed by atoms with van der Waals surface area (Å²) < 4.78 is 31.3. The third-order valence-electron chi connectivity index (χ3n) is 8.15. The lowest BCUT2D eigenvalue weighted by molar-refractivity contribution is -0.135. The quantitative estimate of drug-likeness (QED) is 0.301. The highest BCUT2D eigenvalue weighted by atomic mass is 32.2. The number of carbonyl (C=O) groups is 2. The first kappa shape index (κ1) is 28.3. The highest BCUT2D eigenvalue weighted by molar-refractivity contribution is 7.92. The Morgan fingerprint density at radius 1 is 0.976 bits per heavy atom. The summed E-state index contributed by atoms with van der Waals surface area (Å²) in [6, 6.07) is 6.28. The van der Waals surface area contributed by atoms with E-state index >= 15 is 0 Å². The van der Waals surface area contributed by atoms with E-state index in [-0.39, 0.29) is 34.0 Å². The Morgan fingerprint density at radius 3 is 2.34 bits per heavy atom. The van der Waals surface area contributed by atoms with Gasteiger partial charge in [0.25, 0.3) is 5.91 Å². The van der Waals surface area contributed by atoms with Crippen molar-refractivity contribution in [3.8, 4) is 0 Å². The number of carbonyl (C=O) groups excluding carboxylic acids is 2. The van der Waals surface area contributed by atoms with Gasteiger partial charge in [-0.25, -0.2) is 13.4 Å². The molecule has 0 unspecified atom stereocenters. The molecule has 4 fully saturated rings. The fourth-order valence-electron chi connectivity index (χ4n) is 5.34. The van der Waals surface area contributed by atoms with E-state index in [2.05, 4.69) is 15.5 Å². The van der Waals surface area contributed by atoms with Gasteiger partial charge < -0.3 is 14.5 Å². The van der Waals surface area contributed by atoms with Gasteiger partial charge in [-0.1, -0.05) is 28.6 Å². The molecular formula is C29H36N4O6S2. The highest BCUT2D eigenvalue weighted by Crippen LogP contribution is 2.34. The van der Waals surface area contributed by atoms with Crippen molar-refractivity contribution >= 4 is 43.8 Å². The number of rotatable bonds is 11. The second-order valence-electron chi connectivity index (χ2n) is 11.4. The number of thiazole rings is 1. The molecule has 1 N–H and O–H groups in total. The number of anilines is 1. The smallest absolute Gasteiger partial charge is 0.280 e. The molecule has 2 amide bonds. The number of likely N-dealkylation sites (tertiary alicyclic amines) is 1. The number of sulfone groups is 1. The lowest BCUT2D eigenvalue weighted by atomic mass is 10.1. The molecule has 220 valence electrons. The van der Waals surface area contributed by atoms with Gasteiger partial charge in [0.1, 0.15) is 6.10 Å². The highest BCUT2D eigenvalue weighted by Gasteiger charge is 2.37. The molecule has 6 rings (SSSR count). The zero-order valence-corrected chi connectivity index (χ0v) is 24.6. The van der Waals surface area contributed by atoms with Crippen LogP contribution in [0.3, 0.4) is 0 Å². The summed E-state index contributed by atoms with van der Waals surface area (Å²) in [6.07, 6.45) is 10.7. The van der Waals surface area contributed by atoms with Crippen LogP contribution in [-0.2, 0) is 35.6 Å². The zero-order chi connectivity index (χ0) is 28.4. The maximum absolute atomic E-state index is 13.3. The van der Waals surface area contributed by atoms with Crippen LogP contribution in [0.1, 0.15) is 74.6 Å². The normalized spacial score (nSPS) is 20.8. The summed E-state index contributed by atoms with van der Waals surface area (Å²) in [6.45, 7) is 1.86. The summed E-state index contributed by atoms with van der Waals surface area (Å²) in [5.41, 5.74) is 0.551. The topological polar surface area (TPSA) is 127 Å². The van der Waals surface area contributed by atoms with E-state index in [1.807, 2.05) is 4.90 Å². The Morgan fingerprint density at radius 2 is 1.68 bits per heavy atom. The maximum atomic E-state index is 13.3. The van der Waals surface area contributed by atoms with Crippen LogP contribution in [0.2, 0.25) is 0 Å². The number of nitrogens with zero attached hydrogens (tertiary/aromatic N) is 3. The Kier molecular flexibility index (Phi) is 8.41. The molecule has 0 atom stereocenters. The van der Waals surface area contributed by atoms with Gasteiger partial charge in [0.15, 0.2) is 20.7 Å². The van der Waals surface area contributed by atoms with Crippen molar-refractivity contribution < 1.29 is 27.6 Å². The van der Waals surface area contributed by atoms with Gasteiger partial charge in [-0.3, -0.25) is 14.9 Å². The second-order valence-corrected chi connectivity index (χ2v) is 14.8. The second kappa shape index (κ2) is 12.2. The van der Waals surface area contributed by atoms with E-state index in [0.29, 0.717) is 36.1 Å². The van der Waals surface area contributed by atoms with Crippen molar-refractivity contribution in [1.82, 2.24) is 9.88 Å². The van der Waals surface area contributed by atoms with E-state index in [4.69, 9.17) is 9.57 Å². The van der Waals surface area contributed by atoms with Crippen LogP contribution in [0.4, 0.5) is 5.13 Å². The number of hydrogen-bond donors (Lipinski definition) is 1. The molecule has 2 aromatic rings. The standard InChI is InChI=1S/C29H36N4O6S2/c34-27(31-29-30-17-23(40-29)18-38-21-13-15-33(16-14-21)28(35)20-5-6-20)26(32-39-22-3-1-2-4-22)19-7-9-24(10-8-19)41(36,37)25-11-12-25/h7-10,17,20-22,25H,1-6,11-16,18H2,(H,30,31,34)/b32-26+. The number of nitrogens with one attached hydrogen (secondary N) is 1. The lowest BCUT2D eigenvalue weighted by Gasteiger charge is -2.32. The number of piperidine rings is 1. The molecule has 0 spiro atoms. The van der Waals surface area contributed by atoms with Gasteiger partial charge in [0.05, 0.1) is 27.7 Å². The molecule has 3 aliphatic carbocycles. The molecule has 1 aromatic carbocycles. The number of ether oxygens (including phenoxy) is 1. The van der Waals surface area contributed by atoms with Crippen LogP contribution >= 0.6 is 11.3 Å². The monoisotopic (exact) mass is 600 g/mol. The number of oxime groups is 1. The van der Waals surface area contributed by atoms with Crippen molar-refractivity contribution in [1.29, 1.82) is 0 Å². The molecule has 0 radical (unpaired) electrons. The van der Waals surface area contributed by atoms with Crippen LogP contribution < -0.4 is 5.32 Å². The first-order valence-corrected chi connectivity index (χ1v) is 17.0. The SMILES string of the molecule is O=C(Nc1ncc(COC2CCN(C(=O)C3CC3)CC2)s1)/C(=N/OC1CCCC1)c1ccc(S(=O)(=O)C2CC2)cc1. The summed E-state index contributed by atoms with van der Waals surface area (Å²) in [5, 5.41) is 7.16. The van der Waals surface area contributed by atoms with Crippen LogP contribution in [-0.4, -0.2) is 66.4 Å². The molecule has 1 aromatic heterocycles. The predicted octanol–water partition coefficient (Wildman–Crippen LogP) is 4.30. The first-order valence-electron chi connectivity index (χ1n) is 14.6. The van der Waals surface area contributed by atoms with E-state index in [1.54, 1.807) is 18.3 Å². The average molecular weight is 601 g/mol. The third-order valence-corrected chi connectivity index (χ3v) is 11.3. The molecule has 0 bridgehead atoms. The molecule has 12 heteroatoms. The van der Waals surface area contributed by atoms with Gasteiger partial charge in [-0.05, 0) is 76.3 Å². The largest absolute Gasteiger partial charge is 0.392 e. The van der Waals surface area contributed by atoms with E-state index in [0.717, 1.165) is 69.3 Å². The molecule has 2 heterocycles. The molecule has 1 saturated heterocycles. The number of benzene rings is 1. The number of amides is 2. The van der Waals surface area contributed by atoms with Crippen molar-refractivity contribution in [2.45, 2.75) is 93.2 Å². The van der Waals surface area contributed by atoms with Crippen molar-refractivity contribution in [3.05, 3.63) is 40.9 Å². The van der Waals surface area contributed by atoms with Crippen LogP contribution in [0.5, 0.6) is 0 Å². The maximum Gasteiger partial charge on any atom is 0.280 e. The fourth-order valence-corrected chi connectivity index (χ4v) is 7.73. The predicted molar refractivity (Wildman–Crippen MR) is 154 cm³/mol. The molecule has 41 heavy (non-hydrogen) atoms. The van der Waals surface area contributed by atoms with Crippen LogP contribution in [0.25, 0.3) is 0 Å². The van der Waals surface area contributed by atoms with Gasteiger partial charge in [-0.15, -0.1) is 0 Å². The minimum atomic E-state index is -3.33. The van der Waals surface area contributed by atoms with E-state index < -0.39 is 15.7 Å². The Hall–Kier alpha value is -2.83. The van der Waals surface area contributed by atoms with Crippen LogP contribution in [0.15, 0.2) is 40.5 Å². The van der Waals surface area contributed by atoms with Crippen molar-refractivity contribution in [2.24, 2.45) is 11.1 Å². The van der Waals surface area contributed by atoms with E-state index in [1.165, 1.54) is 23.5 Å². The number of aromatic nitrogens is 1.